The molecular formula is C10H9FN2. The van der Waals surface area contributed by atoms with Crippen LogP contribution in [-0.2, 0) is 0 Å². The highest BCUT2D eigenvalue weighted by atomic mass is 19.1. The van der Waals surface area contributed by atoms with Crippen molar-refractivity contribution in [2.75, 3.05) is 5.73 Å². The lowest BCUT2D eigenvalue weighted by Crippen LogP contribution is -1.94. The van der Waals surface area contributed by atoms with Crippen LogP contribution < -0.4 is 5.73 Å². The molecule has 0 amide bonds. The molecule has 13 heavy (non-hydrogen) atoms. The fourth-order valence-corrected chi connectivity index (χ4v) is 1.25. The third kappa shape index (κ3) is 1.54. The van der Waals surface area contributed by atoms with Crippen molar-refractivity contribution < 1.29 is 4.39 Å². The summed E-state index contributed by atoms with van der Waals surface area (Å²) in [5.41, 5.74) is 6.68. The van der Waals surface area contributed by atoms with Crippen LogP contribution in [0.5, 0.6) is 0 Å². The second-order valence-electron chi connectivity index (χ2n) is 2.83. The minimum absolute atomic E-state index is 0.316. The van der Waals surface area contributed by atoms with Gasteiger partial charge in [-0.1, -0.05) is 0 Å². The van der Waals surface area contributed by atoms with Crippen molar-refractivity contribution in [1.82, 2.24) is 4.57 Å². The number of halogens is 1. The zero-order valence-electron chi connectivity index (χ0n) is 6.94. The lowest BCUT2D eigenvalue weighted by atomic mass is 10.2. The Balaban J connectivity index is 2.53. The van der Waals surface area contributed by atoms with Crippen molar-refractivity contribution in [1.29, 1.82) is 0 Å². The van der Waals surface area contributed by atoms with E-state index in [1.54, 1.807) is 10.6 Å². The summed E-state index contributed by atoms with van der Waals surface area (Å²) < 4.78 is 14.7. The fraction of sp³-hybridized carbons (Fsp3) is 0. The first-order chi connectivity index (χ1) is 6.25. The molecule has 1 heterocycles. The molecule has 2 rings (SSSR count). The van der Waals surface area contributed by atoms with Gasteiger partial charge in [0.1, 0.15) is 5.82 Å². The zero-order valence-corrected chi connectivity index (χ0v) is 6.94. The van der Waals surface area contributed by atoms with Crippen LogP contribution >= 0.6 is 0 Å². The van der Waals surface area contributed by atoms with Crippen molar-refractivity contribution in [2.24, 2.45) is 0 Å². The minimum atomic E-state index is -0.316. The molecular weight excluding hydrogens is 167 g/mol. The molecule has 0 saturated heterocycles. The topological polar surface area (TPSA) is 30.9 Å². The molecule has 0 radical (unpaired) electrons. The van der Waals surface area contributed by atoms with Gasteiger partial charge in [-0.3, -0.25) is 0 Å². The Hall–Kier alpha value is -1.77. The predicted molar refractivity (Wildman–Crippen MR) is 50.1 cm³/mol. The van der Waals surface area contributed by atoms with Crippen LogP contribution in [0.15, 0.2) is 42.7 Å². The molecule has 0 unspecified atom stereocenters. The lowest BCUT2D eigenvalue weighted by Gasteiger charge is -2.03. The largest absolute Gasteiger partial charge is 0.399 e. The Morgan fingerprint density at radius 2 is 1.77 bits per heavy atom. The normalized spacial score (nSPS) is 10.2. The van der Waals surface area contributed by atoms with Crippen LogP contribution in [0.4, 0.5) is 10.1 Å². The van der Waals surface area contributed by atoms with Gasteiger partial charge >= 0.3 is 0 Å². The van der Waals surface area contributed by atoms with Crippen LogP contribution in [0.25, 0.3) is 5.69 Å². The Morgan fingerprint density at radius 3 is 2.38 bits per heavy atom. The third-order valence-electron chi connectivity index (χ3n) is 1.81. The van der Waals surface area contributed by atoms with E-state index in [-0.39, 0.29) is 5.82 Å². The minimum Gasteiger partial charge on any atom is -0.399 e. The predicted octanol–water partition coefficient (Wildman–Crippen LogP) is 2.20. The number of nitrogens with two attached hydrogens (primary N) is 1. The van der Waals surface area contributed by atoms with E-state index in [2.05, 4.69) is 0 Å². The highest BCUT2D eigenvalue weighted by Gasteiger charge is 1.98. The van der Waals surface area contributed by atoms with Crippen LogP contribution in [-0.4, -0.2) is 4.57 Å². The van der Waals surface area contributed by atoms with Gasteiger partial charge in [0.2, 0.25) is 0 Å². The maximum Gasteiger partial charge on any atom is 0.127 e. The standard InChI is InChI=1S/C10H9FN2/c11-8-5-9(12)7-10(6-8)13-3-1-2-4-13/h1-7H,12H2. The number of hydrogen-bond donors (Lipinski definition) is 1. The first kappa shape index (κ1) is 7.86. The molecule has 0 bridgehead atoms. The zero-order chi connectivity index (χ0) is 9.26. The molecule has 0 aliphatic rings. The van der Waals surface area contributed by atoms with E-state index in [9.17, 15) is 4.39 Å². The summed E-state index contributed by atoms with van der Waals surface area (Å²) in [7, 11) is 0. The van der Waals surface area contributed by atoms with Gasteiger partial charge in [-0.2, -0.15) is 0 Å². The highest BCUT2D eigenvalue weighted by Crippen LogP contribution is 2.14. The van der Waals surface area contributed by atoms with Gasteiger partial charge in [-0.15, -0.1) is 0 Å². The number of nitrogen functional groups attached to an aromatic ring is 1. The molecule has 66 valence electrons. The van der Waals surface area contributed by atoms with Crippen LogP contribution in [0, 0.1) is 5.82 Å². The molecule has 3 heteroatoms. The maximum atomic E-state index is 12.9. The van der Waals surface area contributed by atoms with Crippen LogP contribution in [0.1, 0.15) is 0 Å². The van der Waals surface area contributed by atoms with E-state index in [1.165, 1.54) is 12.1 Å². The number of benzene rings is 1. The second kappa shape index (κ2) is 2.94. The van der Waals surface area contributed by atoms with E-state index >= 15 is 0 Å². The molecule has 0 aliphatic heterocycles. The Morgan fingerprint density at radius 1 is 1.08 bits per heavy atom. The molecule has 0 fully saturated rings. The summed E-state index contributed by atoms with van der Waals surface area (Å²) in [6, 6.07) is 8.22. The van der Waals surface area contributed by atoms with E-state index < -0.39 is 0 Å². The van der Waals surface area contributed by atoms with Gasteiger partial charge in [-0.25, -0.2) is 4.39 Å². The van der Waals surface area contributed by atoms with Gasteiger partial charge in [0.05, 0.1) is 0 Å². The maximum absolute atomic E-state index is 12.9. The number of hydrogen-bond acceptors (Lipinski definition) is 1. The fourth-order valence-electron chi connectivity index (χ4n) is 1.25. The molecule has 0 atom stereocenters. The van der Waals surface area contributed by atoms with Gasteiger partial charge in [-0.05, 0) is 30.3 Å². The van der Waals surface area contributed by atoms with E-state index in [4.69, 9.17) is 5.73 Å². The first-order valence-electron chi connectivity index (χ1n) is 3.95. The molecule has 0 aliphatic carbocycles. The highest BCUT2D eigenvalue weighted by molar-refractivity contribution is 5.48. The lowest BCUT2D eigenvalue weighted by molar-refractivity contribution is 0.627. The smallest absolute Gasteiger partial charge is 0.127 e. The van der Waals surface area contributed by atoms with Crippen molar-refractivity contribution in [2.45, 2.75) is 0 Å². The van der Waals surface area contributed by atoms with E-state index in [1.807, 2.05) is 24.5 Å². The number of aromatic nitrogens is 1. The first-order valence-corrected chi connectivity index (χ1v) is 3.95. The van der Waals surface area contributed by atoms with Gasteiger partial charge in [0, 0.05) is 23.8 Å². The van der Waals surface area contributed by atoms with Crippen molar-refractivity contribution in [3.05, 3.63) is 48.5 Å². The SMILES string of the molecule is Nc1cc(F)cc(-n2cccc2)c1. The Labute approximate surface area is 75.4 Å². The molecule has 2 nitrogen and oxygen atoms in total. The summed E-state index contributed by atoms with van der Waals surface area (Å²) in [5.74, 6) is -0.316. The van der Waals surface area contributed by atoms with Gasteiger partial charge in [0.25, 0.3) is 0 Å². The summed E-state index contributed by atoms with van der Waals surface area (Å²) in [6.07, 6.45) is 3.68. The van der Waals surface area contributed by atoms with Crippen molar-refractivity contribution >= 4 is 5.69 Å². The van der Waals surface area contributed by atoms with Crippen molar-refractivity contribution in [3.8, 4) is 5.69 Å². The Kier molecular flexibility index (Phi) is 1.77. The quantitative estimate of drug-likeness (QED) is 0.663. The molecule has 2 N–H and O–H groups in total. The second-order valence-corrected chi connectivity index (χ2v) is 2.83. The van der Waals surface area contributed by atoms with Crippen LogP contribution in [0.3, 0.4) is 0 Å². The number of anilines is 1. The van der Waals surface area contributed by atoms with Gasteiger partial charge in [0.15, 0.2) is 0 Å². The van der Waals surface area contributed by atoms with E-state index in [0.717, 1.165) is 5.69 Å². The van der Waals surface area contributed by atoms with Crippen LogP contribution in [0.2, 0.25) is 0 Å². The third-order valence-corrected chi connectivity index (χ3v) is 1.81. The van der Waals surface area contributed by atoms with E-state index in [0.29, 0.717) is 5.69 Å². The summed E-state index contributed by atoms with van der Waals surface area (Å²) in [6.45, 7) is 0. The summed E-state index contributed by atoms with van der Waals surface area (Å²) >= 11 is 0. The molecule has 1 aromatic carbocycles. The molecule has 0 saturated carbocycles. The molecule has 1 aromatic heterocycles. The summed E-state index contributed by atoms with van der Waals surface area (Å²) in [4.78, 5) is 0. The number of nitrogens with zero attached hydrogens (tertiary/aromatic N) is 1. The molecule has 0 spiro atoms. The summed E-state index contributed by atoms with van der Waals surface area (Å²) in [5, 5.41) is 0. The van der Waals surface area contributed by atoms with Crippen molar-refractivity contribution in [3.63, 3.8) is 0 Å². The molecule has 2 aromatic rings. The Bertz CT molecular complexity index is 387. The van der Waals surface area contributed by atoms with Gasteiger partial charge < -0.3 is 10.3 Å². The monoisotopic (exact) mass is 176 g/mol. The number of rotatable bonds is 1. The average molecular weight is 176 g/mol. The average Bonchev–Trinajstić information content (AvgIpc) is 2.53.